The third-order valence-corrected chi connectivity index (χ3v) is 5.70. The Labute approximate surface area is 220 Å². The molecule has 0 aliphatic rings. The maximum atomic E-state index is 13.9. The van der Waals surface area contributed by atoms with Crippen molar-refractivity contribution >= 4 is 36.5 Å². The zero-order valence-electron chi connectivity index (χ0n) is 22.4. The fourth-order valence-corrected chi connectivity index (χ4v) is 3.78. The summed E-state index contributed by atoms with van der Waals surface area (Å²) in [5.41, 5.74) is -0.182. The van der Waals surface area contributed by atoms with Crippen LogP contribution in [0, 0.1) is 5.92 Å². The van der Waals surface area contributed by atoms with E-state index < -0.39 is 41.6 Å². The SMILES string of the molecule is COC(=O)CNC(=O)C(c1ccccc1)N(C(=O)C(CS)NC(=O)OC(C)(C)C)C(C)CCC(C)C. The molecule has 0 saturated carbocycles. The number of nitrogens with one attached hydrogen (secondary N) is 2. The summed E-state index contributed by atoms with van der Waals surface area (Å²) < 4.78 is 9.96. The molecule has 0 radical (unpaired) electrons. The Hall–Kier alpha value is -2.75. The Morgan fingerprint density at radius 2 is 1.64 bits per heavy atom. The molecule has 202 valence electrons. The molecular weight excluding hydrogens is 482 g/mol. The molecule has 0 aliphatic carbocycles. The number of carbonyl (C=O) groups excluding carboxylic acids is 4. The smallest absolute Gasteiger partial charge is 0.408 e. The van der Waals surface area contributed by atoms with Crippen molar-refractivity contribution in [3.63, 3.8) is 0 Å². The van der Waals surface area contributed by atoms with Crippen molar-refractivity contribution in [2.45, 2.75) is 78.1 Å². The van der Waals surface area contributed by atoms with Crippen LogP contribution in [0.3, 0.4) is 0 Å². The number of nitrogens with zero attached hydrogens (tertiary/aromatic N) is 1. The van der Waals surface area contributed by atoms with E-state index in [0.29, 0.717) is 17.9 Å². The summed E-state index contributed by atoms with van der Waals surface area (Å²) in [5.74, 6) is -1.24. The zero-order valence-corrected chi connectivity index (χ0v) is 23.3. The first-order chi connectivity index (χ1) is 16.8. The molecule has 0 aliphatic heterocycles. The van der Waals surface area contributed by atoms with E-state index in [1.165, 1.54) is 12.0 Å². The molecule has 36 heavy (non-hydrogen) atoms. The number of amides is 3. The van der Waals surface area contributed by atoms with Gasteiger partial charge in [-0.3, -0.25) is 14.4 Å². The molecule has 1 aromatic carbocycles. The number of thiol groups is 1. The summed E-state index contributed by atoms with van der Waals surface area (Å²) in [6.45, 7) is 10.9. The van der Waals surface area contributed by atoms with Gasteiger partial charge in [0, 0.05) is 11.8 Å². The minimum absolute atomic E-state index is 0.00321. The van der Waals surface area contributed by atoms with Crippen LogP contribution in [0.5, 0.6) is 0 Å². The van der Waals surface area contributed by atoms with Crippen molar-refractivity contribution < 1.29 is 28.7 Å². The number of esters is 1. The summed E-state index contributed by atoms with van der Waals surface area (Å²) in [4.78, 5) is 53.0. The van der Waals surface area contributed by atoms with Crippen LogP contribution in [-0.4, -0.2) is 65.9 Å². The van der Waals surface area contributed by atoms with Gasteiger partial charge in [-0.2, -0.15) is 12.6 Å². The minimum atomic E-state index is -1.05. The molecule has 0 heterocycles. The van der Waals surface area contributed by atoms with Gasteiger partial charge in [-0.1, -0.05) is 44.2 Å². The molecule has 0 bridgehead atoms. The Bertz CT molecular complexity index is 872. The first-order valence-electron chi connectivity index (χ1n) is 12.1. The van der Waals surface area contributed by atoms with Gasteiger partial charge in [-0.25, -0.2) is 4.79 Å². The average molecular weight is 524 g/mol. The quantitative estimate of drug-likeness (QED) is 0.285. The highest BCUT2D eigenvalue weighted by atomic mass is 32.1. The predicted molar refractivity (Wildman–Crippen MR) is 142 cm³/mol. The van der Waals surface area contributed by atoms with Gasteiger partial charge >= 0.3 is 12.1 Å². The molecule has 1 rings (SSSR count). The van der Waals surface area contributed by atoms with Crippen LogP contribution in [0.25, 0.3) is 0 Å². The second-order valence-electron chi connectivity index (χ2n) is 10.1. The second-order valence-corrected chi connectivity index (χ2v) is 10.4. The van der Waals surface area contributed by atoms with E-state index in [4.69, 9.17) is 4.74 Å². The number of methoxy groups -OCH3 is 1. The summed E-state index contributed by atoms with van der Waals surface area (Å²) in [7, 11) is 1.23. The molecule has 3 atom stereocenters. The lowest BCUT2D eigenvalue weighted by molar-refractivity contribution is -0.146. The van der Waals surface area contributed by atoms with Crippen LogP contribution in [0.4, 0.5) is 4.79 Å². The normalized spacial score (nSPS) is 13.8. The van der Waals surface area contributed by atoms with Gasteiger partial charge in [0.1, 0.15) is 24.2 Å². The topological polar surface area (TPSA) is 114 Å². The Kier molecular flexibility index (Phi) is 12.8. The number of hydrogen-bond donors (Lipinski definition) is 3. The van der Waals surface area contributed by atoms with Gasteiger partial charge in [0.05, 0.1) is 7.11 Å². The number of carbonyl (C=O) groups is 4. The van der Waals surface area contributed by atoms with E-state index in [1.807, 2.05) is 13.0 Å². The third kappa shape index (κ3) is 10.5. The van der Waals surface area contributed by atoms with Crippen molar-refractivity contribution in [2.75, 3.05) is 19.4 Å². The van der Waals surface area contributed by atoms with Gasteiger partial charge in [-0.05, 0) is 52.0 Å². The fraction of sp³-hybridized carbons (Fsp3) is 0.615. The molecule has 10 heteroatoms. The number of ether oxygens (including phenoxy) is 2. The lowest BCUT2D eigenvalue weighted by atomic mass is 9.97. The molecule has 0 fully saturated rings. The largest absolute Gasteiger partial charge is 0.468 e. The Balaban J connectivity index is 3.43. The van der Waals surface area contributed by atoms with Crippen molar-refractivity contribution in [3.05, 3.63) is 35.9 Å². The average Bonchev–Trinajstić information content (AvgIpc) is 2.81. The van der Waals surface area contributed by atoms with Crippen LogP contribution in [0.15, 0.2) is 30.3 Å². The van der Waals surface area contributed by atoms with Gasteiger partial charge < -0.3 is 25.0 Å². The van der Waals surface area contributed by atoms with E-state index in [9.17, 15) is 19.2 Å². The van der Waals surface area contributed by atoms with Gasteiger partial charge in [-0.15, -0.1) is 0 Å². The number of rotatable bonds is 12. The van der Waals surface area contributed by atoms with Gasteiger partial charge in [0.2, 0.25) is 11.8 Å². The highest BCUT2D eigenvalue weighted by Crippen LogP contribution is 2.27. The van der Waals surface area contributed by atoms with E-state index in [-0.39, 0.29) is 18.3 Å². The van der Waals surface area contributed by atoms with Crippen LogP contribution in [0.2, 0.25) is 0 Å². The van der Waals surface area contributed by atoms with Crippen molar-refractivity contribution in [1.82, 2.24) is 15.5 Å². The van der Waals surface area contributed by atoms with E-state index in [2.05, 4.69) is 41.8 Å². The lowest BCUT2D eigenvalue weighted by Gasteiger charge is -2.38. The summed E-state index contributed by atoms with van der Waals surface area (Å²) in [5, 5.41) is 5.17. The van der Waals surface area contributed by atoms with Crippen LogP contribution >= 0.6 is 12.6 Å². The standard InChI is InChI=1S/C26H41N3O6S/c1-17(2)13-14-18(3)29(24(32)20(16-36)28-25(33)35-26(4,5)6)22(19-11-9-8-10-12-19)23(31)27-15-21(30)34-7/h8-12,17-18,20,22,36H,13-16H2,1-7H3,(H,27,31)(H,28,33). The number of benzene rings is 1. The van der Waals surface area contributed by atoms with Crippen LogP contribution in [0.1, 0.15) is 66.0 Å². The second kappa shape index (κ2) is 14.7. The Morgan fingerprint density at radius 1 is 1.03 bits per heavy atom. The van der Waals surface area contributed by atoms with Crippen LogP contribution < -0.4 is 10.6 Å². The number of alkyl carbamates (subject to hydrolysis) is 1. The Morgan fingerprint density at radius 3 is 2.14 bits per heavy atom. The molecule has 9 nitrogen and oxygen atoms in total. The maximum absolute atomic E-state index is 13.9. The molecule has 2 N–H and O–H groups in total. The first kappa shape index (κ1) is 31.3. The molecular formula is C26H41N3O6S. The highest BCUT2D eigenvalue weighted by Gasteiger charge is 2.38. The van der Waals surface area contributed by atoms with Crippen molar-refractivity contribution in [1.29, 1.82) is 0 Å². The summed E-state index contributed by atoms with van der Waals surface area (Å²) in [6.07, 6.45) is 0.695. The highest BCUT2D eigenvalue weighted by molar-refractivity contribution is 7.80. The zero-order chi connectivity index (χ0) is 27.5. The maximum Gasteiger partial charge on any atom is 0.408 e. The van der Waals surface area contributed by atoms with E-state index >= 15 is 0 Å². The van der Waals surface area contributed by atoms with E-state index in [0.717, 1.165) is 6.42 Å². The van der Waals surface area contributed by atoms with Crippen molar-refractivity contribution in [3.8, 4) is 0 Å². The lowest BCUT2D eigenvalue weighted by Crippen LogP contribution is -2.56. The van der Waals surface area contributed by atoms with E-state index in [1.54, 1.807) is 45.0 Å². The van der Waals surface area contributed by atoms with Gasteiger partial charge in [0.15, 0.2) is 0 Å². The predicted octanol–water partition coefficient (Wildman–Crippen LogP) is 3.49. The molecule has 3 unspecified atom stereocenters. The third-order valence-electron chi connectivity index (χ3n) is 5.34. The number of hydrogen-bond acceptors (Lipinski definition) is 7. The monoisotopic (exact) mass is 523 g/mol. The van der Waals surface area contributed by atoms with Crippen LogP contribution in [-0.2, 0) is 23.9 Å². The summed E-state index contributed by atoms with van der Waals surface area (Å²) >= 11 is 4.30. The van der Waals surface area contributed by atoms with Gasteiger partial charge in [0.25, 0.3) is 0 Å². The van der Waals surface area contributed by atoms with Crippen molar-refractivity contribution in [2.24, 2.45) is 5.92 Å². The molecule has 3 amide bonds. The molecule has 0 saturated heterocycles. The molecule has 1 aromatic rings. The first-order valence-corrected chi connectivity index (χ1v) is 12.8. The summed E-state index contributed by atoms with van der Waals surface area (Å²) in [6, 6.07) is 6.39. The molecule has 0 aromatic heterocycles. The molecule has 0 spiro atoms. The fourth-order valence-electron chi connectivity index (χ4n) is 3.53. The minimum Gasteiger partial charge on any atom is -0.468 e.